The van der Waals surface area contributed by atoms with Gasteiger partial charge in [0.2, 0.25) is 0 Å². The summed E-state index contributed by atoms with van der Waals surface area (Å²) < 4.78 is 0. The van der Waals surface area contributed by atoms with Crippen LogP contribution >= 0.6 is 12.2 Å². The van der Waals surface area contributed by atoms with Crippen LogP contribution in [0.5, 0.6) is 0 Å². The molecule has 4 rings (SSSR count). The maximum atomic E-state index is 5.33. The number of nitrogens with zero attached hydrogens (tertiary/aromatic N) is 1. The molecule has 0 spiro atoms. The smallest absolute Gasteiger partial charge is 0.191 e. The molecule has 1 saturated carbocycles. The Hall–Kier alpha value is -1.68. The molecular formula is C19H25N3S. The van der Waals surface area contributed by atoms with E-state index in [9.17, 15) is 0 Å². The maximum Gasteiger partial charge on any atom is 0.191 e. The number of allylic oxidation sites excluding steroid dienone is 2. The Morgan fingerprint density at radius 1 is 1.35 bits per heavy atom. The lowest BCUT2D eigenvalue weighted by Gasteiger charge is -2.55. The SMILES string of the molecule is Cc1ccc(C)c(NC(=S)NN=CC2=CCC3CC2C3(C)C)c1. The summed E-state index contributed by atoms with van der Waals surface area (Å²) in [6.45, 7) is 8.87. The van der Waals surface area contributed by atoms with E-state index in [1.807, 2.05) is 6.21 Å². The van der Waals surface area contributed by atoms with Gasteiger partial charge in [-0.15, -0.1) is 0 Å². The van der Waals surface area contributed by atoms with E-state index in [1.54, 1.807) is 0 Å². The fourth-order valence-electron chi connectivity index (χ4n) is 3.73. The third-order valence-electron chi connectivity index (χ3n) is 5.53. The first-order valence-electron chi connectivity index (χ1n) is 8.25. The summed E-state index contributed by atoms with van der Waals surface area (Å²) in [7, 11) is 0. The minimum absolute atomic E-state index is 0.424. The number of hydrogen-bond acceptors (Lipinski definition) is 2. The average Bonchev–Trinajstić information content (AvgIpc) is 2.51. The van der Waals surface area contributed by atoms with Crippen LogP contribution in [0.3, 0.4) is 0 Å². The third kappa shape index (κ3) is 3.18. The second kappa shape index (κ2) is 6.08. The number of anilines is 1. The minimum Gasteiger partial charge on any atom is -0.331 e. The van der Waals surface area contributed by atoms with Gasteiger partial charge in [-0.25, -0.2) is 0 Å². The second-order valence-electron chi connectivity index (χ2n) is 7.39. The number of nitrogens with one attached hydrogen (secondary N) is 2. The first-order chi connectivity index (χ1) is 10.9. The average molecular weight is 327 g/mol. The maximum absolute atomic E-state index is 5.33. The van der Waals surface area contributed by atoms with Gasteiger partial charge in [-0.2, -0.15) is 5.10 Å². The van der Waals surface area contributed by atoms with Crippen molar-refractivity contribution < 1.29 is 0 Å². The van der Waals surface area contributed by atoms with Gasteiger partial charge in [0.1, 0.15) is 0 Å². The summed E-state index contributed by atoms with van der Waals surface area (Å²) in [5.74, 6) is 1.50. The van der Waals surface area contributed by atoms with Crippen molar-refractivity contribution in [2.45, 2.75) is 40.5 Å². The van der Waals surface area contributed by atoms with Crippen molar-refractivity contribution in [2.24, 2.45) is 22.4 Å². The molecule has 0 amide bonds. The van der Waals surface area contributed by atoms with Crippen molar-refractivity contribution in [3.8, 4) is 0 Å². The van der Waals surface area contributed by atoms with E-state index in [4.69, 9.17) is 12.2 Å². The molecule has 4 heteroatoms. The van der Waals surface area contributed by atoms with Gasteiger partial charge >= 0.3 is 0 Å². The van der Waals surface area contributed by atoms with Crippen LogP contribution in [0.25, 0.3) is 0 Å². The molecule has 1 aromatic rings. The van der Waals surface area contributed by atoms with Crippen LogP contribution in [0, 0.1) is 31.1 Å². The Bertz CT molecular complexity index is 688. The zero-order valence-electron chi connectivity index (χ0n) is 14.3. The molecule has 3 nitrogen and oxygen atoms in total. The molecule has 0 radical (unpaired) electrons. The van der Waals surface area contributed by atoms with Crippen molar-refractivity contribution in [1.82, 2.24) is 5.43 Å². The van der Waals surface area contributed by atoms with E-state index >= 15 is 0 Å². The standard InChI is InChI=1S/C19H25N3S/c1-12-5-6-13(2)17(9-12)21-18(23)22-20-11-14-7-8-15-10-16(14)19(15,3)4/h5-7,9,11,15-16H,8,10H2,1-4H3,(H2,21,22,23). The molecule has 23 heavy (non-hydrogen) atoms. The summed E-state index contributed by atoms with van der Waals surface area (Å²) in [5, 5.41) is 8.08. The van der Waals surface area contributed by atoms with Gasteiger partial charge in [-0.05, 0) is 78.9 Å². The minimum atomic E-state index is 0.424. The fraction of sp³-hybridized carbons (Fsp3) is 0.474. The highest BCUT2D eigenvalue weighted by atomic mass is 32.1. The normalized spacial score (nSPS) is 24.8. The van der Waals surface area contributed by atoms with Crippen molar-refractivity contribution in [2.75, 3.05) is 5.32 Å². The van der Waals surface area contributed by atoms with Crippen LogP contribution in [-0.2, 0) is 0 Å². The van der Waals surface area contributed by atoms with E-state index < -0.39 is 0 Å². The zero-order chi connectivity index (χ0) is 16.6. The topological polar surface area (TPSA) is 36.4 Å². The lowest BCUT2D eigenvalue weighted by molar-refractivity contribution is -0.00126. The van der Waals surface area contributed by atoms with Gasteiger partial charge in [0.05, 0.1) is 6.21 Å². The summed E-state index contributed by atoms with van der Waals surface area (Å²) in [6, 6.07) is 6.28. The van der Waals surface area contributed by atoms with Crippen molar-refractivity contribution >= 4 is 29.2 Å². The number of rotatable bonds is 3. The van der Waals surface area contributed by atoms with E-state index in [0.717, 1.165) is 11.6 Å². The first-order valence-corrected chi connectivity index (χ1v) is 8.66. The van der Waals surface area contributed by atoms with Gasteiger partial charge in [0.15, 0.2) is 5.11 Å². The number of benzene rings is 1. The van der Waals surface area contributed by atoms with Crippen LogP contribution in [0.1, 0.15) is 37.8 Å². The molecule has 1 aromatic carbocycles. The highest BCUT2D eigenvalue weighted by Gasteiger charge is 2.50. The van der Waals surface area contributed by atoms with Crippen LogP contribution in [0.4, 0.5) is 5.69 Å². The number of hydrazone groups is 1. The van der Waals surface area contributed by atoms with Crippen LogP contribution in [0.2, 0.25) is 0 Å². The Morgan fingerprint density at radius 3 is 2.83 bits per heavy atom. The largest absolute Gasteiger partial charge is 0.331 e. The van der Waals surface area contributed by atoms with Crippen LogP contribution in [0.15, 0.2) is 34.9 Å². The summed E-state index contributed by atoms with van der Waals surface area (Å²) >= 11 is 5.33. The Labute approximate surface area is 144 Å². The predicted molar refractivity (Wildman–Crippen MR) is 102 cm³/mol. The molecule has 0 aliphatic heterocycles. The van der Waals surface area contributed by atoms with E-state index in [-0.39, 0.29) is 0 Å². The lowest BCUT2D eigenvalue weighted by atomic mass is 9.49. The van der Waals surface area contributed by atoms with Crippen molar-refractivity contribution in [3.05, 3.63) is 41.0 Å². The molecule has 2 bridgehead atoms. The molecule has 0 heterocycles. The summed E-state index contributed by atoms with van der Waals surface area (Å²) in [6.07, 6.45) is 6.75. The number of aryl methyl sites for hydroxylation is 2. The molecule has 1 fully saturated rings. The second-order valence-corrected chi connectivity index (χ2v) is 7.80. The molecule has 2 unspecified atom stereocenters. The van der Waals surface area contributed by atoms with Gasteiger partial charge in [-0.1, -0.05) is 32.1 Å². The third-order valence-corrected chi connectivity index (χ3v) is 5.73. The van der Waals surface area contributed by atoms with Gasteiger partial charge in [0, 0.05) is 5.69 Å². The molecule has 3 aliphatic carbocycles. The molecule has 2 atom stereocenters. The summed E-state index contributed by atoms with van der Waals surface area (Å²) in [5.41, 5.74) is 8.11. The van der Waals surface area contributed by atoms with Gasteiger partial charge in [-0.3, -0.25) is 5.43 Å². The highest BCUT2D eigenvalue weighted by molar-refractivity contribution is 7.80. The van der Waals surface area contributed by atoms with Crippen LogP contribution < -0.4 is 10.7 Å². The van der Waals surface area contributed by atoms with Gasteiger partial charge < -0.3 is 5.32 Å². The lowest BCUT2D eigenvalue weighted by Crippen LogP contribution is -2.48. The zero-order valence-corrected chi connectivity index (χ0v) is 15.1. The van der Waals surface area contributed by atoms with Crippen molar-refractivity contribution in [3.63, 3.8) is 0 Å². The van der Waals surface area contributed by atoms with E-state index in [1.165, 1.54) is 29.5 Å². The number of thiocarbonyl (C=S) groups is 1. The number of hydrogen-bond donors (Lipinski definition) is 2. The molecule has 3 aliphatic rings. The Morgan fingerprint density at radius 2 is 2.13 bits per heavy atom. The fourth-order valence-corrected chi connectivity index (χ4v) is 3.89. The molecule has 0 saturated heterocycles. The Balaban J connectivity index is 1.57. The molecule has 2 N–H and O–H groups in total. The van der Waals surface area contributed by atoms with E-state index in [0.29, 0.717) is 16.4 Å². The summed E-state index contributed by atoms with van der Waals surface area (Å²) in [4.78, 5) is 0. The number of fused-ring (bicyclic) bond motifs is 1. The predicted octanol–water partition coefficient (Wildman–Crippen LogP) is 4.57. The highest BCUT2D eigenvalue weighted by Crippen LogP contribution is 2.58. The van der Waals surface area contributed by atoms with Gasteiger partial charge in [0.25, 0.3) is 0 Å². The van der Waals surface area contributed by atoms with Crippen LogP contribution in [-0.4, -0.2) is 11.3 Å². The quantitative estimate of drug-likeness (QED) is 0.485. The van der Waals surface area contributed by atoms with E-state index in [2.05, 4.69) is 67.8 Å². The monoisotopic (exact) mass is 327 g/mol. The van der Waals surface area contributed by atoms with Crippen molar-refractivity contribution in [1.29, 1.82) is 0 Å². The molecule has 0 aromatic heterocycles. The molecular weight excluding hydrogens is 302 g/mol. The Kier molecular flexibility index (Phi) is 4.28. The molecule has 122 valence electrons. The first kappa shape index (κ1) is 16.2.